The first-order valence-corrected chi connectivity index (χ1v) is 11.2. The van der Waals surface area contributed by atoms with E-state index in [9.17, 15) is 5.11 Å². The van der Waals surface area contributed by atoms with Crippen molar-refractivity contribution in [1.29, 1.82) is 0 Å². The Kier molecular flexibility index (Phi) is 14.1. The van der Waals surface area contributed by atoms with Crippen molar-refractivity contribution in [2.75, 3.05) is 45.9 Å². The molecule has 0 saturated carbocycles. The van der Waals surface area contributed by atoms with E-state index in [0.29, 0.717) is 18.7 Å². The molecule has 1 saturated heterocycles. The predicted octanol–water partition coefficient (Wildman–Crippen LogP) is 2.80. The minimum Gasteiger partial charge on any atom is -0.491 e. The number of aliphatic imine (C=N–C) groups is 1. The van der Waals surface area contributed by atoms with Gasteiger partial charge in [-0.05, 0) is 58.2 Å². The van der Waals surface area contributed by atoms with Crippen LogP contribution >= 0.6 is 24.0 Å². The zero-order valence-corrected chi connectivity index (χ0v) is 21.8. The molecule has 0 aliphatic carbocycles. The topological polar surface area (TPSA) is 78.4 Å². The highest BCUT2D eigenvalue weighted by molar-refractivity contribution is 14.0. The van der Waals surface area contributed by atoms with Crippen LogP contribution in [0.5, 0.6) is 5.75 Å². The second-order valence-electron chi connectivity index (χ2n) is 8.18. The van der Waals surface area contributed by atoms with Crippen LogP contribution < -0.4 is 15.4 Å². The van der Waals surface area contributed by atoms with Crippen molar-refractivity contribution < 1.29 is 14.6 Å². The molecular formula is C23H41IN4O3. The van der Waals surface area contributed by atoms with Crippen LogP contribution in [0.3, 0.4) is 0 Å². The number of ether oxygens (including phenoxy) is 2. The molecule has 0 radical (unpaired) electrons. The van der Waals surface area contributed by atoms with Crippen LogP contribution in [0.2, 0.25) is 0 Å². The second kappa shape index (κ2) is 15.7. The lowest BCUT2D eigenvalue weighted by molar-refractivity contribution is 0.0532. The highest BCUT2D eigenvalue weighted by atomic mass is 127. The van der Waals surface area contributed by atoms with Crippen LogP contribution in [0.15, 0.2) is 29.3 Å². The summed E-state index contributed by atoms with van der Waals surface area (Å²) in [5.41, 5.74) is 1.14. The van der Waals surface area contributed by atoms with Gasteiger partial charge in [0, 0.05) is 32.2 Å². The van der Waals surface area contributed by atoms with Gasteiger partial charge in [-0.1, -0.05) is 12.1 Å². The maximum Gasteiger partial charge on any atom is 0.191 e. The SMILES string of the molecule is CCNC(=NCC(O)COc1cccc(C)c1)NC1CCN(CCOC(C)C)CC1.I. The Labute approximate surface area is 205 Å². The number of nitrogens with zero attached hydrogens (tertiary/aromatic N) is 2. The fourth-order valence-corrected chi connectivity index (χ4v) is 3.38. The fraction of sp³-hybridized carbons (Fsp3) is 0.696. The lowest BCUT2D eigenvalue weighted by Gasteiger charge is -2.33. The third kappa shape index (κ3) is 11.9. The first-order chi connectivity index (χ1) is 14.5. The lowest BCUT2D eigenvalue weighted by Crippen LogP contribution is -2.49. The lowest BCUT2D eigenvalue weighted by atomic mass is 10.1. The van der Waals surface area contributed by atoms with Crippen molar-refractivity contribution in [2.45, 2.75) is 58.8 Å². The van der Waals surface area contributed by atoms with Gasteiger partial charge in [0.1, 0.15) is 18.5 Å². The van der Waals surface area contributed by atoms with E-state index in [1.165, 1.54) is 0 Å². The summed E-state index contributed by atoms with van der Waals surface area (Å²) < 4.78 is 11.3. The molecule has 1 aliphatic rings. The average Bonchev–Trinajstić information content (AvgIpc) is 2.72. The monoisotopic (exact) mass is 548 g/mol. The molecule has 7 nitrogen and oxygen atoms in total. The number of rotatable bonds is 11. The van der Waals surface area contributed by atoms with Crippen molar-refractivity contribution in [3.05, 3.63) is 29.8 Å². The van der Waals surface area contributed by atoms with Gasteiger partial charge in [0.2, 0.25) is 0 Å². The maximum atomic E-state index is 10.3. The molecule has 0 spiro atoms. The smallest absolute Gasteiger partial charge is 0.191 e. The van der Waals surface area contributed by atoms with Crippen molar-refractivity contribution in [2.24, 2.45) is 4.99 Å². The van der Waals surface area contributed by atoms with Gasteiger partial charge in [0.15, 0.2) is 5.96 Å². The molecule has 8 heteroatoms. The number of hydrogen-bond acceptors (Lipinski definition) is 5. The average molecular weight is 549 g/mol. The van der Waals surface area contributed by atoms with Gasteiger partial charge in [-0.15, -0.1) is 24.0 Å². The van der Waals surface area contributed by atoms with Gasteiger partial charge < -0.3 is 30.1 Å². The second-order valence-corrected chi connectivity index (χ2v) is 8.18. The summed E-state index contributed by atoms with van der Waals surface area (Å²) in [5, 5.41) is 17.0. The van der Waals surface area contributed by atoms with E-state index in [1.54, 1.807) is 0 Å². The van der Waals surface area contributed by atoms with Crippen molar-refractivity contribution in [3.8, 4) is 5.75 Å². The zero-order chi connectivity index (χ0) is 21.8. The van der Waals surface area contributed by atoms with Gasteiger partial charge in [-0.3, -0.25) is 4.99 Å². The Bertz CT molecular complexity index is 637. The molecule has 3 N–H and O–H groups in total. The summed E-state index contributed by atoms with van der Waals surface area (Å²) in [6, 6.07) is 8.22. The number of piperidine rings is 1. The van der Waals surface area contributed by atoms with Crippen molar-refractivity contribution in [1.82, 2.24) is 15.5 Å². The fourth-order valence-electron chi connectivity index (χ4n) is 3.38. The number of guanidine groups is 1. The summed E-state index contributed by atoms with van der Waals surface area (Å²) in [7, 11) is 0. The van der Waals surface area contributed by atoms with Gasteiger partial charge >= 0.3 is 0 Å². The van der Waals surface area contributed by atoms with Crippen LogP contribution in [-0.4, -0.2) is 80.2 Å². The Morgan fingerprint density at radius 1 is 1.29 bits per heavy atom. The number of nitrogens with one attached hydrogen (secondary N) is 2. The van der Waals surface area contributed by atoms with Crippen LogP contribution in [-0.2, 0) is 4.74 Å². The van der Waals surface area contributed by atoms with E-state index in [2.05, 4.69) is 34.4 Å². The zero-order valence-electron chi connectivity index (χ0n) is 19.5. The first-order valence-electron chi connectivity index (χ1n) is 11.2. The summed E-state index contributed by atoms with van der Waals surface area (Å²) in [6.45, 7) is 13.4. The molecule has 1 atom stereocenters. The van der Waals surface area contributed by atoms with E-state index in [1.807, 2.05) is 38.1 Å². The standard InChI is InChI=1S/C23H40N4O3.HI/c1-5-24-23(25-16-21(28)17-30-22-8-6-7-19(4)15-22)26-20-9-11-27(12-10-20)13-14-29-18(2)3;/h6-8,15,18,20-21,28H,5,9-14,16-17H2,1-4H3,(H2,24,25,26);1H. The first kappa shape index (κ1) is 27.9. The molecule has 1 heterocycles. The molecule has 1 aromatic carbocycles. The normalized spacial score (nSPS) is 16.6. The van der Waals surface area contributed by atoms with E-state index in [4.69, 9.17) is 9.47 Å². The van der Waals surface area contributed by atoms with Crippen molar-refractivity contribution in [3.63, 3.8) is 0 Å². The molecule has 1 aliphatic heterocycles. The molecule has 0 bridgehead atoms. The molecule has 0 amide bonds. The van der Waals surface area contributed by atoms with Gasteiger partial charge in [-0.2, -0.15) is 0 Å². The van der Waals surface area contributed by atoms with Gasteiger partial charge in [0.25, 0.3) is 0 Å². The van der Waals surface area contributed by atoms with E-state index < -0.39 is 6.10 Å². The van der Waals surface area contributed by atoms with Crippen LogP contribution in [0.25, 0.3) is 0 Å². The van der Waals surface area contributed by atoms with Gasteiger partial charge in [0.05, 0.1) is 19.3 Å². The Balaban J connectivity index is 0.00000480. The van der Waals surface area contributed by atoms with E-state index in [-0.39, 0.29) is 30.6 Å². The minimum absolute atomic E-state index is 0. The third-order valence-corrected chi connectivity index (χ3v) is 5.02. The van der Waals surface area contributed by atoms with E-state index >= 15 is 0 Å². The number of aliphatic hydroxyl groups is 1. The van der Waals surface area contributed by atoms with Crippen molar-refractivity contribution >= 4 is 29.9 Å². The summed E-state index contributed by atoms with van der Waals surface area (Å²) >= 11 is 0. The molecular weight excluding hydrogens is 507 g/mol. The number of halogens is 1. The van der Waals surface area contributed by atoms with Crippen LogP contribution in [0.4, 0.5) is 0 Å². The molecule has 1 fully saturated rings. The maximum absolute atomic E-state index is 10.3. The van der Waals surface area contributed by atoms with Gasteiger partial charge in [-0.25, -0.2) is 0 Å². The molecule has 0 aromatic heterocycles. The summed E-state index contributed by atoms with van der Waals surface area (Å²) in [4.78, 5) is 7.01. The highest BCUT2D eigenvalue weighted by Gasteiger charge is 2.20. The molecule has 1 unspecified atom stereocenters. The number of likely N-dealkylation sites (tertiary alicyclic amines) is 1. The number of aliphatic hydroxyl groups excluding tert-OH is 1. The minimum atomic E-state index is -0.649. The summed E-state index contributed by atoms with van der Waals surface area (Å²) in [5.74, 6) is 1.53. The highest BCUT2D eigenvalue weighted by Crippen LogP contribution is 2.13. The third-order valence-electron chi connectivity index (χ3n) is 5.02. The number of benzene rings is 1. The Morgan fingerprint density at radius 2 is 2.03 bits per heavy atom. The molecule has 31 heavy (non-hydrogen) atoms. The quantitative estimate of drug-likeness (QED) is 0.224. The summed E-state index contributed by atoms with van der Waals surface area (Å²) in [6.07, 6.45) is 1.79. The van der Waals surface area contributed by atoms with Crippen LogP contribution in [0.1, 0.15) is 39.2 Å². The molecule has 2 rings (SSSR count). The number of aryl methyl sites for hydroxylation is 1. The number of hydrogen-bond donors (Lipinski definition) is 3. The largest absolute Gasteiger partial charge is 0.491 e. The molecule has 178 valence electrons. The molecule has 1 aromatic rings. The Morgan fingerprint density at radius 3 is 2.68 bits per heavy atom. The van der Waals surface area contributed by atoms with Crippen LogP contribution in [0, 0.1) is 6.92 Å². The predicted molar refractivity (Wildman–Crippen MR) is 138 cm³/mol. The van der Waals surface area contributed by atoms with E-state index in [0.717, 1.165) is 62.9 Å². The Hall–Kier alpha value is -1.10.